The number of nitrogens with one attached hydrogen (secondary N) is 2. The summed E-state index contributed by atoms with van der Waals surface area (Å²) >= 11 is 6.05. The maximum Gasteiger partial charge on any atom is 0.353 e. The Morgan fingerprint density at radius 3 is 2.47 bits per heavy atom. The highest BCUT2D eigenvalue weighted by atomic mass is 35.5. The molecular weight excluding hydrogens is 434 g/mol. The lowest BCUT2D eigenvalue weighted by molar-refractivity contribution is -0.143. The fraction of sp³-hybridized carbons (Fsp3) is 0.217. The van der Waals surface area contributed by atoms with Crippen molar-refractivity contribution < 1.29 is 24.2 Å². The molecule has 32 heavy (non-hydrogen) atoms. The van der Waals surface area contributed by atoms with E-state index in [0.717, 1.165) is 22.8 Å². The summed E-state index contributed by atoms with van der Waals surface area (Å²) in [5, 5.41) is 19.3. The Morgan fingerprint density at radius 1 is 1.19 bits per heavy atom. The second-order valence-corrected chi connectivity index (χ2v) is 7.35. The Balaban J connectivity index is 2.16. The van der Waals surface area contributed by atoms with Gasteiger partial charge in [-0.1, -0.05) is 48.0 Å². The molecule has 0 fully saturated rings. The van der Waals surface area contributed by atoms with Crippen LogP contribution in [-0.4, -0.2) is 41.3 Å². The van der Waals surface area contributed by atoms with E-state index in [4.69, 9.17) is 32.6 Å². The molecule has 2 aromatic rings. The number of aliphatic carboxylic acids is 1. The van der Waals surface area contributed by atoms with Gasteiger partial charge >= 0.3 is 11.9 Å². The summed E-state index contributed by atoms with van der Waals surface area (Å²) in [5.74, 6) is -2.78. The summed E-state index contributed by atoms with van der Waals surface area (Å²) in [4.78, 5) is 35.1. The van der Waals surface area contributed by atoms with Crippen molar-refractivity contribution in [1.29, 1.82) is 5.41 Å². The van der Waals surface area contributed by atoms with Crippen molar-refractivity contribution in [1.82, 2.24) is 5.32 Å². The van der Waals surface area contributed by atoms with Gasteiger partial charge in [0.25, 0.3) is 5.91 Å². The van der Waals surface area contributed by atoms with Gasteiger partial charge in [-0.25, -0.2) is 4.79 Å². The first-order chi connectivity index (χ1) is 15.2. The summed E-state index contributed by atoms with van der Waals surface area (Å²) in [6, 6.07) is 14.4. The van der Waals surface area contributed by atoms with Gasteiger partial charge in [0.1, 0.15) is 5.71 Å². The van der Waals surface area contributed by atoms with E-state index in [-0.39, 0.29) is 13.0 Å². The Kier molecular flexibility index (Phi) is 8.97. The third-order valence-electron chi connectivity index (χ3n) is 4.44. The summed E-state index contributed by atoms with van der Waals surface area (Å²) in [7, 11) is 0. The smallest absolute Gasteiger partial charge is 0.353 e. The second kappa shape index (κ2) is 11.7. The zero-order valence-corrected chi connectivity index (χ0v) is 18.2. The van der Waals surface area contributed by atoms with Crippen molar-refractivity contribution >= 4 is 35.2 Å². The number of esters is 1. The van der Waals surface area contributed by atoms with Crippen LogP contribution in [0, 0.1) is 5.41 Å². The van der Waals surface area contributed by atoms with E-state index >= 15 is 0 Å². The van der Waals surface area contributed by atoms with Crippen LogP contribution in [0.5, 0.6) is 0 Å². The van der Waals surface area contributed by atoms with Gasteiger partial charge in [-0.15, -0.1) is 0 Å². The normalized spacial score (nSPS) is 12.0. The first-order valence-electron chi connectivity index (χ1n) is 9.80. The fourth-order valence-electron chi connectivity index (χ4n) is 2.93. The Labute approximate surface area is 190 Å². The van der Waals surface area contributed by atoms with E-state index in [9.17, 15) is 14.4 Å². The monoisotopic (exact) mass is 457 g/mol. The number of amides is 1. The predicted molar refractivity (Wildman–Crippen MR) is 121 cm³/mol. The van der Waals surface area contributed by atoms with E-state index in [2.05, 4.69) is 5.32 Å². The van der Waals surface area contributed by atoms with E-state index in [1.54, 1.807) is 13.0 Å². The lowest BCUT2D eigenvalue weighted by atomic mass is 9.99. The summed E-state index contributed by atoms with van der Waals surface area (Å²) in [6.45, 7) is 1.88. The molecule has 2 aromatic carbocycles. The molecular formula is C23H24ClN3O5. The number of carbonyl (C=O) groups is 3. The van der Waals surface area contributed by atoms with Crippen molar-refractivity contribution in [3.63, 3.8) is 0 Å². The van der Waals surface area contributed by atoms with Crippen LogP contribution in [0.3, 0.4) is 0 Å². The van der Waals surface area contributed by atoms with Gasteiger partial charge < -0.3 is 20.9 Å². The number of halogens is 1. The number of carboxylic acid groups (broad SMARTS) is 1. The summed E-state index contributed by atoms with van der Waals surface area (Å²) in [6.07, 6.45) is 0.961. The molecule has 0 saturated heterocycles. The van der Waals surface area contributed by atoms with Crippen molar-refractivity contribution in [2.75, 3.05) is 6.61 Å². The number of nitrogens with two attached hydrogens (primary N) is 1. The molecule has 0 aliphatic rings. The number of rotatable bonds is 10. The largest absolute Gasteiger partial charge is 0.477 e. The van der Waals surface area contributed by atoms with Gasteiger partial charge in [0.2, 0.25) is 0 Å². The molecule has 0 heterocycles. The molecule has 0 aromatic heterocycles. The van der Waals surface area contributed by atoms with Crippen LogP contribution in [-0.2, 0) is 25.5 Å². The maximum atomic E-state index is 12.4. The molecule has 168 valence electrons. The molecule has 0 bridgehead atoms. The van der Waals surface area contributed by atoms with Gasteiger partial charge in [0.15, 0.2) is 0 Å². The molecule has 2 rings (SSSR count). The lowest BCUT2D eigenvalue weighted by Gasteiger charge is -2.18. The summed E-state index contributed by atoms with van der Waals surface area (Å²) < 4.78 is 4.98. The van der Waals surface area contributed by atoms with Gasteiger partial charge in [0, 0.05) is 11.1 Å². The number of carboxylic acids is 1. The molecule has 1 amide bonds. The molecule has 0 aliphatic carbocycles. The number of carbonyl (C=O) groups excluding carboxylic acids is 2. The van der Waals surface area contributed by atoms with E-state index < -0.39 is 35.3 Å². The second-order valence-electron chi connectivity index (χ2n) is 6.91. The van der Waals surface area contributed by atoms with E-state index in [0.29, 0.717) is 11.4 Å². The number of hydrogen-bond acceptors (Lipinski definition) is 6. The van der Waals surface area contributed by atoms with Crippen molar-refractivity contribution in [3.8, 4) is 11.1 Å². The number of benzene rings is 2. The quantitative estimate of drug-likeness (QED) is 0.245. The van der Waals surface area contributed by atoms with Crippen molar-refractivity contribution in [2.24, 2.45) is 5.73 Å². The highest BCUT2D eigenvalue weighted by Gasteiger charge is 2.20. The minimum absolute atomic E-state index is 0.0979. The van der Waals surface area contributed by atoms with Crippen LogP contribution in [0.2, 0.25) is 5.02 Å². The van der Waals surface area contributed by atoms with Gasteiger partial charge in [0.05, 0.1) is 18.7 Å². The van der Waals surface area contributed by atoms with Gasteiger partial charge in [-0.2, -0.15) is 0 Å². The molecule has 0 radical (unpaired) electrons. The summed E-state index contributed by atoms with van der Waals surface area (Å²) in [5.41, 5.74) is 7.11. The Bertz CT molecular complexity index is 1030. The minimum atomic E-state index is -1.51. The molecule has 0 saturated carbocycles. The third kappa shape index (κ3) is 7.55. The molecule has 9 heteroatoms. The molecule has 0 unspecified atom stereocenters. The number of hydrogen-bond donors (Lipinski definition) is 4. The zero-order valence-electron chi connectivity index (χ0n) is 17.4. The van der Waals surface area contributed by atoms with E-state index in [1.165, 1.54) is 0 Å². The maximum absolute atomic E-state index is 12.4. The van der Waals surface area contributed by atoms with E-state index in [1.807, 2.05) is 42.5 Å². The fourth-order valence-corrected chi connectivity index (χ4v) is 3.12. The SMILES string of the molecule is CCOC(=O)C[C@@H](Cc1ccc(-c2cccc(Cl)c2)cc1)NC(=O)/C(N)=C/C(=N)C(=O)O. The molecule has 8 nitrogen and oxygen atoms in total. The Hall–Kier alpha value is -3.65. The molecule has 1 atom stereocenters. The Morgan fingerprint density at radius 2 is 1.88 bits per heavy atom. The topological polar surface area (TPSA) is 143 Å². The van der Waals surface area contributed by atoms with Crippen LogP contribution < -0.4 is 11.1 Å². The molecule has 0 spiro atoms. The first-order valence-corrected chi connectivity index (χ1v) is 10.2. The lowest BCUT2D eigenvalue weighted by Crippen LogP contribution is -2.41. The number of ether oxygens (including phenoxy) is 1. The van der Waals surface area contributed by atoms with Crippen LogP contribution in [0.4, 0.5) is 0 Å². The van der Waals surface area contributed by atoms with Crippen LogP contribution in [0.15, 0.2) is 60.3 Å². The average Bonchev–Trinajstić information content (AvgIpc) is 2.74. The first kappa shape index (κ1) is 24.6. The van der Waals surface area contributed by atoms with Gasteiger partial charge in [-0.3, -0.25) is 15.0 Å². The van der Waals surface area contributed by atoms with Crippen LogP contribution >= 0.6 is 11.6 Å². The van der Waals surface area contributed by atoms with Crippen molar-refractivity contribution in [2.45, 2.75) is 25.8 Å². The third-order valence-corrected chi connectivity index (χ3v) is 4.68. The van der Waals surface area contributed by atoms with Crippen LogP contribution in [0.1, 0.15) is 18.9 Å². The van der Waals surface area contributed by atoms with Crippen LogP contribution in [0.25, 0.3) is 11.1 Å². The van der Waals surface area contributed by atoms with Gasteiger partial charge in [-0.05, 0) is 48.2 Å². The standard InChI is InChI=1S/C23H24ClN3O5/c1-2-32-21(28)12-18(27-22(29)19(25)13-20(26)23(30)31)10-14-6-8-15(9-7-14)16-4-3-5-17(24)11-16/h3-9,11,13,18,26H,2,10,12,25H2,1H3,(H,27,29)(H,30,31)/b19-13-,26-20?/t18-/m1/s1. The highest BCUT2D eigenvalue weighted by Crippen LogP contribution is 2.23. The predicted octanol–water partition coefficient (Wildman–Crippen LogP) is 2.93. The van der Waals surface area contributed by atoms with Crippen molar-refractivity contribution in [3.05, 3.63) is 70.9 Å². The average molecular weight is 458 g/mol. The minimum Gasteiger partial charge on any atom is -0.477 e. The molecule has 5 N–H and O–H groups in total. The zero-order chi connectivity index (χ0) is 23.7. The highest BCUT2D eigenvalue weighted by molar-refractivity contribution is 6.39. The molecule has 0 aliphatic heterocycles.